The van der Waals surface area contributed by atoms with Crippen molar-refractivity contribution in [3.05, 3.63) is 27.2 Å². The molecule has 1 aromatic rings. The monoisotopic (exact) mass is 255 g/mol. The molecular formula is C8H9ClF3N3O. The zero-order valence-electron chi connectivity index (χ0n) is 8.02. The van der Waals surface area contributed by atoms with Gasteiger partial charge in [0.15, 0.2) is 5.69 Å². The minimum atomic E-state index is -4.52. The van der Waals surface area contributed by atoms with E-state index in [-0.39, 0.29) is 30.1 Å². The molecule has 90 valence electrons. The molecule has 0 atom stereocenters. The Morgan fingerprint density at radius 3 is 2.56 bits per heavy atom. The molecule has 0 radical (unpaired) electrons. The Morgan fingerprint density at radius 1 is 1.25 bits per heavy atom. The van der Waals surface area contributed by atoms with E-state index in [0.717, 1.165) is 0 Å². The Labute approximate surface area is 94.7 Å². The van der Waals surface area contributed by atoms with Crippen LogP contribution in [0.4, 0.5) is 13.2 Å². The molecule has 2 heterocycles. The van der Waals surface area contributed by atoms with Crippen LogP contribution in [0.3, 0.4) is 0 Å². The topological polar surface area (TPSA) is 57.8 Å². The smallest absolute Gasteiger partial charge is 0.312 e. The lowest BCUT2D eigenvalue weighted by Crippen LogP contribution is -2.33. The van der Waals surface area contributed by atoms with Crippen molar-refractivity contribution in [1.29, 1.82) is 0 Å². The van der Waals surface area contributed by atoms with Gasteiger partial charge in [-0.3, -0.25) is 4.79 Å². The molecule has 0 aliphatic carbocycles. The molecule has 0 spiro atoms. The van der Waals surface area contributed by atoms with E-state index in [2.05, 4.69) is 10.4 Å². The highest BCUT2D eigenvalue weighted by molar-refractivity contribution is 5.85. The summed E-state index contributed by atoms with van der Waals surface area (Å²) >= 11 is 0. The summed E-state index contributed by atoms with van der Waals surface area (Å²) in [7, 11) is 0. The van der Waals surface area contributed by atoms with Crippen LogP contribution in [0.25, 0.3) is 0 Å². The van der Waals surface area contributed by atoms with Crippen LogP contribution in [0.1, 0.15) is 16.8 Å². The van der Waals surface area contributed by atoms with E-state index in [1.54, 1.807) is 0 Å². The second kappa shape index (κ2) is 4.42. The van der Waals surface area contributed by atoms with Crippen molar-refractivity contribution in [3.63, 3.8) is 0 Å². The Morgan fingerprint density at radius 2 is 1.94 bits per heavy atom. The highest BCUT2D eigenvalue weighted by Gasteiger charge is 2.37. The van der Waals surface area contributed by atoms with E-state index in [9.17, 15) is 18.0 Å². The zero-order chi connectivity index (χ0) is 11.1. The second-order valence-corrected chi connectivity index (χ2v) is 3.28. The van der Waals surface area contributed by atoms with Gasteiger partial charge >= 0.3 is 6.18 Å². The molecule has 1 aromatic heterocycles. The van der Waals surface area contributed by atoms with Gasteiger partial charge in [-0.2, -0.15) is 18.3 Å². The minimum absolute atomic E-state index is 0. The third kappa shape index (κ3) is 2.19. The minimum Gasteiger partial charge on any atom is -0.312 e. The highest BCUT2D eigenvalue weighted by Crippen LogP contribution is 2.31. The van der Waals surface area contributed by atoms with Gasteiger partial charge in [0.1, 0.15) is 0 Å². The van der Waals surface area contributed by atoms with Crippen LogP contribution in [-0.2, 0) is 19.1 Å². The fourth-order valence-electron chi connectivity index (χ4n) is 1.64. The molecule has 2 N–H and O–H groups in total. The van der Waals surface area contributed by atoms with E-state index in [0.29, 0.717) is 13.0 Å². The van der Waals surface area contributed by atoms with Crippen molar-refractivity contribution in [2.24, 2.45) is 0 Å². The number of nitrogens with zero attached hydrogens (tertiary/aromatic N) is 1. The maximum absolute atomic E-state index is 12.5. The van der Waals surface area contributed by atoms with Gasteiger partial charge in [0.25, 0.3) is 5.56 Å². The van der Waals surface area contributed by atoms with Crippen LogP contribution in [0.5, 0.6) is 0 Å². The molecule has 16 heavy (non-hydrogen) atoms. The average Bonchev–Trinajstić information content (AvgIpc) is 2.17. The first-order chi connectivity index (χ1) is 7.00. The van der Waals surface area contributed by atoms with Crippen LogP contribution in [-0.4, -0.2) is 16.7 Å². The van der Waals surface area contributed by atoms with E-state index < -0.39 is 17.4 Å². The van der Waals surface area contributed by atoms with Crippen molar-refractivity contribution in [3.8, 4) is 0 Å². The van der Waals surface area contributed by atoms with Crippen LogP contribution < -0.4 is 10.9 Å². The lowest BCUT2D eigenvalue weighted by molar-refractivity contribution is -0.142. The average molecular weight is 256 g/mol. The highest BCUT2D eigenvalue weighted by atomic mass is 35.5. The zero-order valence-corrected chi connectivity index (χ0v) is 8.84. The van der Waals surface area contributed by atoms with Gasteiger partial charge in [-0.25, -0.2) is 5.10 Å². The van der Waals surface area contributed by atoms with Gasteiger partial charge in [0.05, 0.1) is 0 Å². The summed E-state index contributed by atoms with van der Waals surface area (Å²) in [4.78, 5) is 11.2. The molecular weight excluding hydrogens is 247 g/mol. The fraction of sp³-hybridized carbons (Fsp3) is 0.500. The summed E-state index contributed by atoms with van der Waals surface area (Å²) in [6.45, 7) is 0.554. The third-order valence-corrected chi connectivity index (χ3v) is 2.32. The summed E-state index contributed by atoms with van der Waals surface area (Å²) in [6, 6.07) is 0. The largest absolute Gasteiger partial charge is 0.435 e. The Bertz CT molecular complexity index is 443. The standard InChI is InChI=1S/C8H8F3N3O.ClH/c9-8(10,11)6-5-3-12-2-1-4(5)7(15)14-13-6;/h12H,1-3H2,(H,14,15);1H. The first-order valence-electron chi connectivity index (χ1n) is 4.38. The summed E-state index contributed by atoms with van der Waals surface area (Å²) < 4.78 is 37.5. The van der Waals surface area contributed by atoms with Gasteiger partial charge in [-0.1, -0.05) is 0 Å². The van der Waals surface area contributed by atoms with Crippen LogP contribution >= 0.6 is 12.4 Å². The second-order valence-electron chi connectivity index (χ2n) is 3.28. The number of H-pyrrole nitrogens is 1. The number of halogens is 4. The molecule has 0 aromatic carbocycles. The van der Waals surface area contributed by atoms with E-state index in [1.165, 1.54) is 0 Å². The molecule has 0 fully saturated rings. The number of hydrogen-bond donors (Lipinski definition) is 2. The number of hydrogen-bond acceptors (Lipinski definition) is 3. The summed E-state index contributed by atoms with van der Waals surface area (Å²) in [5, 5.41) is 7.73. The molecule has 0 saturated carbocycles. The number of nitrogens with one attached hydrogen (secondary N) is 2. The predicted molar refractivity (Wildman–Crippen MR) is 52.5 cm³/mol. The third-order valence-electron chi connectivity index (χ3n) is 2.32. The maximum atomic E-state index is 12.5. The van der Waals surface area contributed by atoms with Crippen molar-refractivity contribution in [1.82, 2.24) is 15.5 Å². The van der Waals surface area contributed by atoms with Crippen molar-refractivity contribution in [2.75, 3.05) is 6.54 Å². The molecule has 1 aliphatic heterocycles. The molecule has 0 unspecified atom stereocenters. The van der Waals surface area contributed by atoms with E-state index >= 15 is 0 Å². The number of aromatic nitrogens is 2. The van der Waals surface area contributed by atoms with Crippen LogP contribution in [0, 0.1) is 0 Å². The van der Waals surface area contributed by atoms with Gasteiger partial charge in [0.2, 0.25) is 0 Å². The Balaban J connectivity index is 0.00000128. The first-order valence-corrected chi connectivity index (χ1v) is 4.38. The SMILES string of the molecule is Cl.O=c1[nH]nc(C(F)(F)F)c2c1CCNC2. The number of alkyl halides is 3. The Hall–Kier alpha value is -1.08. The number of rotatable bonds is 0. The number of aromatic amines is 1. The molecule has 2 rings (SSSR count). The lowest BCUT2D eigenvalue weighted by Gasteiger charge is -2.19. The van der Waals surface area contributed by atoms with Crippen molar-refractivity contribution >= 4 is 12.4 Å². The van der Waals surface area contributed by atoms with E-state index in [1.807, 2.05) is 5.10 Å². The molecule has 0 bridgehead atoms. The van der Waals surface area contributed by atoms with Gasteiger partial charge in [-0.05, 0) is 13.0 Å². The van der Waals surface area contributed by atoms with E-state index in [4.69, 9.17) is 0 Å². The Kier molecular flexibility index (Phi) is 3.59. The van der Waals surface area contributed by atoms with Gasteiger partial charge in [-0.15, -0.1) is 12.4 Å². The van der Waals surface area contributed by atoms with Crippen molar-refractivity contribution in [2.45, 2.75) is 19.1 Å². The van der Waals surface area contributed by atoms with Crippen molar-refractivity contribution < 1.29 is 13.2 Å². The molecule has 4 nitrogen and oxygen atoms in total. The summed E-state index contributed by atoms with van der Waals surface area (Å²) in [6.07, 6.45) is -4.22. The normalized spacial score (nSPS) is 15.2. The van der Waals surface area contributed by atoms with Gasteiger partial charge in [0, 0.05) is 17.7 Å². The quantitative estimate of drug-likeness (QED) is 0.723. The molecule has 1 aliphatic rings. The predicted octanol–water partition coefficient (Wildman–Crippen LogP) is 0.856. The summed E-state index contributed by atoms with van der Waals surface area (Å²) in [5.41, 5.74) is -1.36. The lowest BCUT2D eigenvalue weighted by atomic mass is 10.0. The molecule has 0 amide bonds. The van der Waals surface area contributed by atoms with Crippen LogP contribution in [0.15, 0.2) is 4.79 Å². The van der Waals surface area contributed by atoms with Gasteiger partial charge < -0.3 is 5.32 Å². The maximum Gasteiger partial charge on any atom is 0.435 e. The number of fused-ring (bicyclic) bond motifs is 1. The summed E-state index contributed by atoms with van der Waals surface area (Å²) in [5.74, 6) is 0. The first kappa shape index (κ1) is 13.0. The molecule has 0 saturated heterocycles. The van der Waals surface area contributed by atoms with Crippen LogP contribution in [0.2, 0.25) is 0 Å². The fourth-order valence-corrected chi connectivity index (χ4v) is 1.64. The molecule has 8 heteroatoms.